The fraction of sp³-hybridized carbons (Fsp3) is 0.400. The van der Waals surface area contributed by atoms with Crippen molar-refractivity contribution in [3.05, 3.63) is 70.5 Å². The zero-order valence-electron chi connectivity index (χ0n) is 20.2. The molecule has 192 valence electrons. The van der Waals surface area contributed by atoms with Gasteiger partial charge in [0, 0.05) is 25.2 Å². The predicted molar refractivity (Wildman–Crippen MR) is 137 cm³/mol. The molecule has 0 saturated carbocycles. The second-order valence-corrected chi connectivity index (χ2v) is 10.3. The Kier molecular flexibility index (Phi) is 8.38. The Hall–Kier alpha value is -2.82. The standard InChI is InChI=1S/C25H29ClFN5O3S/c1-29-16-23(33)31-21(10-11-36-2)24(34)30(14-18-4-3-5-19(26)12-18)15-22(31)32(29)25(35)28-13-17-6-8-20(27)9-7-17/h3-9,12,21-22H,10-11,13-16H2,1-2H3,(H,28,35)/t21-,22-/m0/s1. The maximum Gasteiger partial charge on any atom is 0.334 e. The summed E-state index contributed by atoms with van der Waals surface area (Å²) >= 11 is 7.76. The van der Waals surface area contributed by atoms with Gasteiger partial charge >= 0.3 is 6.03 Å². The fourth-order valence-electron chi connectivity index (χ4n) is 4.67. The van der Waals surface area contributed by atoms with Crippen LogP contribution in [0.2, 0.25) is 5.02 Å². The van der Waals surface area contributed by atoms with Crippen LogP contribution in [0.3, 0.4) is 0 Å². The van der Waals surface area contributed by atoms with E-state index in [9.17, 15) is 18.8 Å². The van der Waals surface area contributed by atoms with Crippen LogP contribution >= 0.6 is 23.4 Å². The smallest absolute Gasteiger partial charge is 0.333 e. The van der Waals surface area contributed by atoms with E-state index in [0.717, 1.165) is 11.1 Å². The first-order valence-electron chi connectivity index (χ1n) is 11.6. The number of rotatable bonds is 7. The van der Waals surface area contributed by atoms with Gasteiger partial charge in [-0.15, -0.1) is 0 Å². The number of likely N-dealkylation sites (N-methyl/N-ethyl adjacent to an activating group) is 1. The molecule has 0 spiro atoms. The summed E-state index contributed by atoms with van der Waals surface area (Å²) in [7, 11) is 1.68. The van der Waals surface area contributed by atoms with Gasteiger partial charge in [0.25, 0.3) is 0 Å². The van der Waals surface area contributed by atoms with Crippen molar-refractivity contribution >= 4 is 41.2 Å². The number of urea groups is 1. The lowest BCUT2D eigenvalue weighted by Crippen LogP contribution is -2.75. The van der Waals surface area contributed by atoms with Crippen molar-refractivity contribution in [1.29, 1.82) is 0 Å². The highest BCUT2D eigenvalue weighted by Crippen LogP contribution is 2.29. The number of thioether (sulfide) groups is 1. The Morgan fingerprint density at radius 2 is 1.92 bits per heavy atom. The van der Waals surface area contributed by atoms with Crippen LogP contribution in [0.1, 0.15) is 17.5 Å². The maximum atomic E-state index is 13.5. The van der Waals surface area contributed by atoms with Gasteiger partial charge in [-0.2, -0.15) is 11.8 Å². The van der Waals surface area contributed by atoms with Gasteiger partial charge in [-0.05, 0) is 53.8 Å². The molecule has 1 N–H and O–H groups in total. The third-order valence-corrected chi connectivity index (χ3v) is 7.24. The van der Waals surface area contributed by atoms with Gasteiger partial charge in [-0.1, -0.05) is 35.9 Å². The van der Waals surface area contributed by atoms with Crippen molar-refractivity contribution in [2.75, 3.05) is 32.1 Å². The average Bonchev–Trinajstić information content (AvgIpc) is 2.84. The first kappa shape index (κ1) is 26.2. The first-order chi connectivity index (χ1) is 17.3. The van der Waals surface area contributed by atoms with Crippen LogP contribution in [-0.4, -0.2) is 82.0 Å². The van der Waals surface area contributed by atoms with E-state index in [1.165, 1.54) is 17.1 Å². The summed E-state index contributed by atoms with van der Waals surface area (Å²) in [5.41, 5.74) is 1.62. The summed E-state index contributed by atoms with van der Waals surface area (Å²) in [6.45, 7) is 0.673. The van der Waals surface area contributed by atoms with Crippen LogP contribution in [0, 0.1) is 5.82 Å². The van der Waals surface area contributed by atoms with Gasteiger partial charge in [0.2, 0.25) is 11.8 Å². The number of carbonyl (C=O) groups excluding carboxylic acids is 3. The van der Waals surface area contributed by atoms with E-state index in [-0.39, 0.29) is 37.3 Å². The summed E-state index contributed by atoms with van der Waals surface area (Å²) in [5, 5.41) is 6.54. The van der Waals surface area contributed by atoms with E-state index < -0.39 is 18.2 Å². The van der Waals surface area contributed by atoms with Gasteiger partial charge < -0.3 is 15.1 Å². The number of carbonyl (C=O) groups is 3. The first-order valence-corrected chi connectivity index (χ1v) is 13.4. The SMILES string of the molecule is CSCC[C@H]1C(=O)N(Cc2cccc(Cl)c2)C[C@H]2N1C(=O)CN(C)N2C(=O)NCc1ccc(F)cc1. The summed E-state index contributed by atoms with van der Waals surface area (Å²) in [5.74, 6) is 0.0274. The van der Waals surface area contributed by atoms with Gasteiger partial charge in [-0.25, -0.2) is 19.2 Å². The minimum atomic E-state index is -0.663. The van der Waals surface area contributed by atoms with E-state index >= 15 is 0 Å². The lowest BCUT2D eigenvalue weighted by Gasteiger charge is -2.54. The number of piperazine rings is 1. The number of nitrogens with one attached hydrogen (secondary N) is 1. The normalized spacial score (nSPS) is 20.5. The van der Waals surface area contributed by atoms with Crippen molar-refractivity contribution in [2.24, 2.45) is 0 Å². The van der Waals surface area contributed by atoms with Crippen molar-refractivity contribution in [3.63, 3.8) is 0 Å². The molecular formula is C25H29ClFN5O3S. The second kappa shape index (κ2) is 11.5. The van der Waals surface area contributed by atoms with Gasteiger partial charge in [0.05, 0.1) is 13.1 Å². The molecule has 0 bridgehead atoms. The fourth-order valence-corrected chi connectivity index (χ4v) is 5.34. The quantitative estimate of drug-likeness (QED) is 0.591. The van der Waals surface area contributed by atoms with Crippen molar-refractivity contribution < 1.29 is 18.8 Å². The highest BCUT2D eigenvalue weighted by Gasteiger charge is 2.50. The topological polar surface area (TPSA) is 76.2 Å². The number of halogens is 2. The summed E-state index contributed by atoms with van der Waals surface area (Å²) in [4.78, 5) is 43.3. The summed E-state index contributed by atoms with van der Waals surface area (Å²) in [6, 6.07) is 12.1. The van der Waals surface area contributed by atoms with Crippen molar-refractivity contribution in [3.8, 4) is 0 Å². The Labute approximate surface area is 219 Å². The lowest BCUT2D eigenvalue weighted by atomic mass is 10.0. The highest BCUT2D eigenvalue weighted by molar-refractivity contribution is 7.98. The summed E-state index contributed by atoms with van der Waals surface area (Å²) < 4.78 is 13.2. The van der Waals surface area contributed by atoms with Crippen LogP contribution < -0.4 is 5.32 Å². The van der Waals surface area contributed by atoms with Crippen LogP contribution in [-0.2, 0) is 22.7 Å². The van der Waals surface area contributed by atoms with Gasteiger partial charge in [-0.3, -0.25) is 9.59 Å². The predicted octanol–water partition coefficient (Wildman–Crippen LogP) is 3.17. The molecule has 4 rings (SSSR count). The molecule has 11 heteroatoms. The van der Waals surface area contributed by atoms with Gasteiger partial charge in [0.1, 0.15) is 18.0 Å². The molecule has 0 unspecified atom stereocenters. The third-order valence-electron chi connectivity index (χ3n) is 6.36. The Bertz CT molecular complexity index is 1120. The van der Waals surface area contributed by atoms with E-state index in [1.54, 1.807) is 51.8 Å². The largest absolute Gasteiger partial charge is 0.334 e. The zero-order chi connectivity index (χ0) is 25.8. The third kappa shape index (κ3) is 5.77. The van der Waals surface area contributed by atoms with E-state index in [4.69, 9.17) is 11.6 Å². The monoisotopic (exact) mass is 533 g/mol. The molecule has 0 aromatic heterocycles. The zero-order valence-corrected chi connectivity index (χ0v) is 21.8. The Morgan fingerprint density at radius 3 is 2.61 bits per heavy atom. The molecule has 2 heterocycles. The molecule has 8 nitrogen and oxygen atoms in total. The molecule has 2 atom stereocenters. The number of nitrogens with zero attached hydrogens (tertiary/aromatic N) is 4. The number of hydrazine groups is 1. The Balaban J connectivity index is 1.59. The van der Waals surface area contributed by atoms with Crippen molar-refractivity contribution in [2.45, 2.75) is 31.7 Å². The molecule has 0 radical (unpaired) electrons. The van der Waals surface area contributed by atoms with E-state index in [0.29, 0.717) is 23.7 Å². The number of benzene rings is 2. The molecule has 36 heavy (non-hydrogen) atoms. The highest BCUT2D eigenvalue weighted by atomic mass is 35.5. The van der Waals surface area contributed by atoms with Crippen LogP contribution in [0.15, 0.2) is 48.5 Å². The molecule has 2 aliphatic heterocycles. The molecular weight excluding hydrogens is 505 g/mol. The van der Waals surface area contributed by atoms with E-state index in [1.807, 2.05) is 24.5 Å². The van der Waals surface area contributed by atoms with Crippen molar-refractivity contribution in [1.82, 2.24) is 25.1 Å². The Morgan fingerprint density at radius 1 is 1.17 bits per heavy atom. The minimum absolute atomic E-state index is 0.0161. The summed E-state index contributed by atoms with van der Waals surface area (Å²) in [6.07, 6.45) is 1.78. The average molecular weight is 534 g/mol. The van der Waals surface area contributed by atoms with Crippen LogP contribution in [0.5, 0.6) is 0 Å². The van der Waals surface area contributed by atoms with Crippen LogP contribution in [0.4, 0.5) is 9.18 Å². The molecule has 2 fully saturated rings. The number of amides is 4. The molecule has 2 saturated heterocycles. The number of hydrogen-bond donors (Lipinski definition) is 1. The molecule has 2 aliphatic rings. The molecule has 2 aromatic carbocycles. The molecule has 0 aliphatic carbocycles. The minimum Gasteiger partial charge on any atom is -0.333 e. The van der Waals surface area contributed by atoms with Gasteiger partial charge in [0.15, 0.2) is 0 Å². The van der Waals surface area contributed by atoms with Crippen LogP contribution in [0.25, 0.3) is 0 Å². The van der Waals surface area contributed by atoms with E-state index in [2.05, 4.69) is 5.32 Å². The lowest BCUT2D eigenvalue weighted by molar-refractivity contribution is -0.187. The molecule has 4 amide bonds. The number of fused-ring (bicyclic) bond motifs is 1. The number of hydrogen-bond acceptors (Lipinski definition) is 5. The maximum absolute atomic E-state index is 13.5. The second-order valence-electron chi connectivity index (χ2n) is 8.87. The molecule has 2 aromatic rings.